The molecule has 10 rings (SSSR count). The van der Waals surface area contributed by atoms with Crippen molar-refractivity contribution in [2.24, 2.45) is 0 Å². The van der Waals surface area contributed by atoms with Crippen molar-refractivity contribution in [3.8, 4) is 67.5 Å². The average molecular weight is 775 g/mol. The van der Waals surface area contributed by atoms with Crippen molar-refractivity contribution in [2.45, 2.75) is 19.6 Å². The highest BCUT2D eigenvalue weighted by Gasteiger charge is 2.19. The lowest BCUT2D eigenvalue weighted by Crippen LogP contribution is -2.06. The summed E-state index contributed by atoms with van der Waals surface area (Å²) >= 11 is 0. The third-order valence-electron chi connectivity index (χ3n) is 11.2. The highest BCUT2D eigenvalue weighted by molar-refractivity contribution is 5.77. The molecule has 6 nitrogen and oxygen atoms in total. The number of hydrogen-bond donors (Lipinski definition) is 0. The van der Waals surface area contributed by atoms with E-state index in [0.29, 0.717) is 19.6 Å². The van der Waals surface area contributed by atoms with Gasteiger partial charge in [0.15, 0.2) is 0 Å². The molecule has 0 atom stereocenters. The molecule has 0 radical (unpaired) electrons. The molecule has 6 heteroatoms. The van der Waals surface area contributed by atoms with Gasteiger partial charge in [-0.1, -0.05) is 164 Å². The van der Waals surface area contributed by atoms with E-state index in [2.05, 4.69) is 214 Å². The molecule has 288 valence electrons. The van der Waals surface area contributed by atoms with Gasteiger partial charge < -0.3 is 13.7 Å². The summed E-state index contributed by atoms with van der Waals surface area (Å²) in [6.45, 7) is 1.99. The Kier molecular flexibility index (Phi) is 10.1. The third kappa shape index (κ3) is 7.50. The van der Waals surface area contributed by atoms with Crippen molar-refractivity contribution in [3.05, 3.63) is 236 Å². The van der Waals surface area contributed by atoms with E-state index >= 15 is 0 Å². The maximum Gasteiger partial charge on any atom is 0.140 e. The topological polar surface area (TPSA) is 53.5 Å². The van der Waals surface area contributed by atoms with Gasteiger partial charge in [0.1, 0.15) is 17.5 Å². The molecule has 60 heavy (non-hydrogen) atoms. The third-order valence-corrected chi connectivity index (χ3v) is 11.2. The molecule has 10 aromatic rings. The van der Waals surface area contributed by atoms with Gasteiger partial charge in [-0.05, 0) is 68.3 Å². The molecule has 0 amide bonds. The van der Waals surface area contributed by atoms with Crippen LogP contribution in [0.15, 0.2) is 219 Å². The van der Waals surface area contributed by atoms with E-state index in [0.717, 1.165) is 34.2 Å². The molecule has 0 fully saturated rings. The normalized spacial score (nSPS) is 11.2. The lowest BCUT2D eigenvalue weighted by Gasteiger charge is -2.17. The van der Waals surface area contributed by atoms with Crippen LogP contribution in [-0.2, 0) is 19.6 Å². The second-order valence-corrected chi connectivity index (χ2v) is 15.0. The monoisotopic (exact) mass is 774 g/mol. The minimum atomic E-state index is 0.662. The number of hydrogen-bond acceptors (Lipinski definition) is 3. The summed E-state index contributed by atoms with van der Waals surface area (Å²) in [6, 6.07) is 64.3. The van der Waals surface area contributed by atoms with Crippen LogP contribution in [0.25, 0.3) is 67.5 Å². The van der Waals surface area contributed by atoms with Crippen LogP contribution in [0.3, 0.4) is 0 Å². The van der Waals surface area contributed by atoms with Gasteiger partial charge in [-0.15, -0.1) is 0 Å². The predicted octanol–water partition coefficient (Wildman–Crippen LogP) is 12.4. The zero-order valence-electron chi connectivity index (χ0n) is 33.1. The van der Waals surface area contributed by atoms with E-state index in [-0.39, 0.29) is 0 Å². The highest BCUT2D eigenvalue weighted by atomic mass is 15.1. The molecule has 3 aromatic heterocycles. The SMILES string of the molecule is c1ccc(-c2ccccc2Cn2ccnc2-c2cc(-c3nccn3Cc3ccccc3-c3ccccc3)cc(-c3nccn3Cc3ccccc3-c3ccccc3)c2)cc1. The summed E-state index contributed by atoms with van der Waals surface area (Å²) in [5, 5.41) is 0. The fourth-order valence-electron chi connectivity index (χ4n) is 8.33. The Morgan fingerprint density at radius 1 is 0.283 bits per heavy atom. The molecule has 0 aliphatic heterocycles. The molecule has 0 aliphatic rings. The van der Waals surface area contributed by atoms with Crippen LogP contribution in [0.4, 0.5) is 0 Å². The molecule has 0 N–H and O–H groups in total. The van der Waals surface area contributed by atoms with Gasteiger partial charge in [0.25, 0.3) is 0 Å². The molecule has 0 saturated carbocycles. The molecule has 7 aromatic carbocycles. The quantitative estimate of drug-likeness (QED) is 0.124. The van der Waals surface area contributed by atoms with E-state index in [1.165, 1.54) is 50.1 Å². The summed E-state index contributed by atoms with van der Waals surface area (Å²) in [5.74, 6) is 2.63. The number of rotatable bonds is 12. The van der Waals surface area contributed by atoms with Gasteiger partial charge in [-0.25, -0.2) is 15.0 Å². The van der Waals surface area contributed by atoms with Crippen LogP contribution in [0.5, 0.6) is 0 Å². The Labute approximate surface area is 350 Å². The highest BCUT2D eigenvalue weighted by Crippen LogP contribution is 2.35. The van der Waals surface area contributed by atoms with E-state index in [1.807, 2.05) is 18.6 Å². The van der Waals surface area contributed by atoms with Crippen LogP contribution < -0.4 is 0 Å². The second-order valence-electron chi connectivity index (χ2n) is 15.0. The van der Waals surface area contributed by atoms with Gasteiger partial charge in [0, 0.05) is 73.5 Å². The molecule has 0 aliphatic carbocycles. The second kappa shape index (κ2) is 16.6. The zero-order valence-corrected chi connectivity index (χ0v) is 33.1. The maximum absolute atomic E-state index is 5.01. The van der Waals surface area contributed by atoms with Gasteiger partial charge in [-0.3, -0.25) is 0 Å². The first-order chi connectivity index (χ1) is 29.7. The van der Waals surface area contributed by atoms with Crippen LogP contribution in [-0.4, -0.2) is 28.7 Å². The Balaban J connectivity index is 1.07. The lowest BCUT2D eigenvalue weighted by atomic mass is 9.99. The fourth-order valence-corrected chi connectivity index (χ4v) is 8.33. The standard InChI is InChI=1S/C54H42N6/c1-4-16-40(17-5-1)49-25-13-10-22-43(49)37-58-31-28-55-52(58)46-34-47(53-56-29-32-59(53)38-44-23-11-14-26-50(44)41-18-6-2-7-19-41)36-48(35-46)54-57-30-33-60(54)39-45-24-12-15-27-51(45)42-20-8-3-9-21-42/h1-36H,37-39H2. The summed E-state index contributed by atoms with van der Waals surface area (Å²) in [5.41, 5.74) is 13.8. The maximum atomic E-state index is 5.01. The van der Waals surface area contributed by atoms with Gasteiger partial charge in [0.2, 0.25) is 0 Å². The fraction of sp³-hybridized carbons (Fsp3) is 0.0556. The predicted molar refractivity (Wildman–Crippen MR) is 243 cm³/mol. The van der Waals surface area contributed by atoms with Crippen molar-refractivity contribution in [3.63, 3.8) is 0 Å². The molecule has 0 bridgehead atoms. The molecule has 0 spiro atoms. The summed E-state index contributed by atoms with van der Waals surface area (Å²) in [7, 11) is 0. The minimum Gasteiger partial charge on any atom is -0.327 e. The first kappa shape index (κ1) is 36.5. The largest absolute Gasteiger partial charge is 0.327 e. The van der Waals surface area contributed by atoms with E-state index < -0.39 is 0 Å². The van der Waals surface area contributed by atoms with Gasteiger partial charge >= 0.3 is 0 Å². The smallest absolute Gasteiger partial charge is 0.140 e. The van der Waals surface area contributed by atoms with E-state index in [1.54, 1.807) is 0 Å². The Morgan fingerprint density at radius 2 is 0.550 bits per heavy atom. The molecule has 0 unspecified atom stereocenters. The lowest BCUT2D eigenvalue weighted by molar-refractivity contribution is 0.803. The van der Waals surface area contributed by atoms with Crippen LogP contribution >= 0.6 is 0 Å². The van der Waals surface area contributed by atoms with Gasteiger partial charge in [0.05, 0.1) is 0 Å². The summed E-state index contributed by atoms with van der Waals surface area (Å²) < 4.78 is 6.74. The Bertz CT molecular complexity index is 2670. The van der Waals surface area contributed by atoms with Crippen molar-refractivity contribution < 1.29 is 0 Å². The number of aromatic nitrogens is 6. The zero-order chi connectivity index (χ0) is 40.1. The van der Waals surface area contributed by atoms with E-state index in [4.69, 9.17) is 15.0 Å². The van der Waals surface area contributed by atoms with E-state index in [9.17, 15) is 0 Å². The molecule has 3 heterocycles. The first-order valence-electron chi connectivity index (χ1n) is 20.3. The Hall–Kier alpha value is -7.83. The number of imidazole rings is 3. The minimum absolute atomic E-state index is 0.662. The van der Waals surface area contributed by atoms with Crippen molar-refractivity contribution in [1.82, 2.24) is 28.7 Å². The van der Waals surface area contributed by atoms with Crippen molar-refractivity contribution in [2.75, 3.05) is 0 Å². The number of benzene rings is 7. The van der Waals surface area contributed by atoms with Crippen molar-refractivity contribution in [1.29, 1.82) is 0 Å². The van der Waals surface area contributed by atoms with Crippen LogP contribution in [0.2, 0.25) is 0 Å². The molecular weight excluding hydrogens is 733 g/mol. The summed E-state index contributed by atoms with van der Waals surface area (Å²) in [6.07, 6.45) is 11.9. The van der Waals surface area contributed by atoms with Crippen LogP contribution in [0, 0.1) is 0 Å². The van der Waals surface area contributed by atoms with Crippen LogP contribution in [0.1, 0.15) is 16.7 Å². The van der Waals surface area contributed by atoms with Crippen molar-refractivity contribution >= 4 is 0 Å². The van der Waals surface area contributed by atoms with Gasteiger partial charge in [-0.2, -0.15) is 0 Å². The number of nitrogens with zero attached hydrogens (tertiary/aromatic N) is 6. The summed E-state index contributed by atoms with van der Waals surface area (Å²) in [4.78, 5) is 15.0. The average Bonchev–Trinajstić information content (AvgIpc) is 4.10. The Morgan fingerprint density at radius 3 is 0.850 bits per heavy atom. The molecule has 0 saturated heterocycles. The first-order valence-corrected chi connectivity index (χ1v) is 20.3. The molecular formula is C54H42N6.